The molecule has 2 rings (SSSR count). The molecule has 0 radical (unpaired) electrons. The second-order valence-corrected chi connectivity index (χ2v) is 3.69. The third-order valence-electron chi connectivity index (χ3n) is 1.47. The van der Waals surface area contributed by atoms with E-state index in [9.17, 15) is 9.90 Å². The number of fused-ring (bicyclic) bond motifs is 1. The van der Waals surface area contributed by atoms with Crippen molar-refractivity contribution in [2.24, 2.45) is 0 Å². The Kier molecular flexibility index (Phi) is 3.51. The minimum atomic E-state index is -1.22. The van der Waals surface area contributed by atoms with E-state index in [2.05, 4.69) is 9.97 Å². The number of nitrogens with zero attached hydrogens (tertiary/aromatic N) is 2. The molecule has 0 aromatic carbocycles. The van der Waals surface area contributed by atoms with Crippen LogP contribution < -0.4 is 24.0 Å². The SMILES string of the molecule is O=C([O-])c1cc2ncnc(Cl)c2s1.[Li+]. The van der Waals surface area contributed by atoms with Crippen molar-refractivity contribution in [1.82, 2.24) is 9.97 Å². The summed E-state index contributed by atoms with van der Waals surface area (Å²) in [6.45, 7) is 0. The summed E-state index contributed by atoms with van der Waals surface area (Å²) < 4.78 is 0.573. The van der Waals surface area contributed by atoms with Crippen molar-refractivity contribution in [3.63, 3.8) is 0 Å². The molecule has 66 valence electrons. The maximum absolute atomic E-state index is 10.5. The molecular weight excluding hydrogens is 219 g/mol. The van der Waals surface area contributed by atoms with E-state index in [4.69, 9.17) is 11.6 Å². The normalized spacial score (nSPS) is 9.79. The Morgan fingerprint density at radius 2 is 2.21 bits per heavy atom. The minimum Gasteiger partial charge on any atom is -0.544 e. The smallest absolute Gasteiger partial charge is 0.544 e. The van der Waals surface area contributed by atoms with Gasteiger partial charge >= 0.3 is 18.9 Å². The van der Waals surface area contributed by atoms with Gasteiger partial charge in [-0.3, -0.25) is 0 Å². The monoisotopic (exact) mass is 220 g/mol. The Morgan fingerprint density at radius 1 is 1.50 bits per heavy atom. The molecule has 2 aromatic heterocycles. The van der Waals surface area contributed by atoms with Gasteiger partial charge in [0.2, 0.25) is 0 Å². The molecule has 0 bridgehead atoms. The Balaban J connectivity index is 0.000000980. The second-order valence-electron chi connectivity index (χ2n) is 2.28. The predicted molar refractivity (Wildman–Crippen MR) is 46.8 cm³/mol. The number of aromatic carboxylic acids is 1. The van der Waals surface area contributed by atoms with Crippen molar-refractivity contribution in [2.75, 3.05) is 0 Å². The van der Waals surface area contributed by atoms with Crippen molar-refractivity contribution < 1.29 is 28.8 Å². The number of aromatic nitrogens is 2. The summed E-state index contributed by atoms with van der Waals surface area (Å²) in [4.78, 5) is 18.2. The van der Waals surface area contributed by atoms with Crippen LogP contribution in [0.5, 0.6) is 0 Å². The van der Waals surface area contributed by atoms with Gasteiger partial charge in [0.1, 0.15) is 11.5 Å². The molecule has 2 aromatic rings. The first-order valence-corrected chi connectivity index (χ1v) is 4.49. The van der Waals surface area contributed by atoms with E-state index in [0.717, 1.165) is 11.3 Å². The van der Waals surface area contributed by atoms with Gasteiger partial charge in [0.15, 0.2) is 0 Å². The molecule has 0 amide bonds. The number of halogens is 1. The predicted octanol–water partition coefficient (Wildman–Crippen LogP) is -2.29. The molecule has 0 aliphatic heterocycles. The zero-order valence-electron chi connectivity index (χ0n) is 7.15. The van der Waals surface area contributed by atoms with Crippen LogP contribution in [0.2, 0.25) is 5.15 Å². The van der Waals surface area contributed by atoms with E-state index >= 15 is 0 Å². The van der Waals surface area contributed by atoms with Gasteiger partial charge in [-0.05, 0) is 6.07 Å². The number of carbonyl (C=O) groups excluding carboxylic acids is 1. The molecular formula is C7H2ClLiN2O2S. The number of carboxylic acids is 1. The van der Waals surface area contributed by atoms with Crippen LogP contribution in [0, 0.1) is 0 Å². The Labute approximate surface area is 100 Å². The summed E-state index contributed by atoms with van der Waals surface area (Å²) in [6.07, 6.45) is 1.29. The maximum Gasteiger partial charge on any atom is 1.00 e. The standard InChI is InChI=1S/C7H3ClN2O2S.Li/c8-6-5-3(9-2-10-6)1-4(13-5)7(11)12;/h1-2H,(H,11,12);/q;+1/p-1. The molecule has 7 heteroatoms. The summed E-state index contributed by atoms with van der Waals surface area (Å²) in [5.74, 6) is -1.22. The first kappa shape index (κ1) is 11.5. The summed E-state index contributed by atoms with van der Waals surface area (Å²) in [7, 11) is 0. The number of carbonyl (C=O) groups is 1. The summed E-state index contributed by atoms with van der Waals surface area (Å²) in [5, 5.41) is 10.8. The molecule has 14 heavy (non-hydrogen) atoms. The number of thiophene rings is 1. The van der Waals surface area contributed by atoms with Crippen LogP contribution in [0.1, 0.15) is 9.67 Å². The molecule has 0 aliphatic rings. The molecule has 0 fully saturated rings. The minimum absolute atomic E-state index is 0. The average molecular weight is 221 g/mol. The largest absolute Gasteiger partial charge is 1.00 e. The number of hydrogen-bond acceptors (Lipinski definition) is 5. The maximum atomic E-state index is 10.5. The molecule has 0 saturated heterocycles. The molecule has 0 spiro atoms. The fraction of sp³-hybridized carbons (Fsp3) is 0. The van der Waals surface area contributed by atoms with E-state index < -0.39 is 5.97 Å². The number of hydrogen-bond donors (Lipinski definition) is 0. The first-order chi connectivity index (χ1) is 6.18. The van der Waals surface area contributed by atoms with E-state index in [-0.39, 0.29) is 28.9 Å². The third-order valence-corrected chi connectivity index (χ3v) is 2.98. The molecule has 4 nitrogen and oxygen atoms in total. The molecule has 2 heterocycles. The van der Waals surface area contributed by atoms with Crippen molar-refractivity contribution >= 4 is 39.1 Å². The fourth-order valence-corrected chi connectivity index (χ4v) is 2.01. The van der Waals surface area contributed by atoms with Gasteiger partial charge in [0.25, 0.3) is 0 Å². The molecule has 0 aliphatic carbocycles. The van der Waals surface area contributed by atoms with Crippen LogP contribution in [0.15, 0.2) is 12.4 Å². The molecule has 0 N–H and O–H groups in total. The topological polar surface area (TPSA) is 65.9 Å². The van der Waals surface area contributed by atoms with Crippen LogP contribution in [-0.4, -0.2) is 15.9 Å². The van der Waals surface area contributed by atoms with Crippen LogP contribution in [0.4, 0.5) is 0 Å². The summed E-state index contributed by atoms with van der Waals surface area (Å²) >= 11 is 6.73. The molecule has 0 saturated carbocycles. The Bertz CT molecular complexity index is 487. The first-order valence-electron chi connectivity index (χ1n) is 3.30. The van der Waals surface area contributed by atoms with Crippen LogP contribution in [0.3, 0.4) is 0 Å². The van der Waals surface area contributed by atoms with Gasteiger partial charge in [-0.1, -0.05) is 11.6 Å². The van der Waals surface area contributed by atoms with E-state index in [1.165, 1.54) is 12.4 Å². The van der Waals surface area contributed by atoms with E-state index in [0.29, 0.717) is 10.2 Å². The van der Waals surface area contributed by atoms with Crippen molar-refractivity contribution in [1.29, 1.82) is 0 Å². The van der Waals surface area contributed by atoms with E-state index in [1.54, 1.807) is 0 Å². The van der Waals surface area contributed by atoms with Gasteiger partial charge in [-0.2, -0.15) is 0 Å². The fourth-order valence-electron chi connectivity index (χ4n) is 0.926. The van der Waals surface area contributed by atoms with Gasteiger partial charge < -0.3 is 9.90 Å². The zero-order valence-corrected chi connectivity index (χ0v) is 8.72. The molecule has 0 atom stereocenters. The number of rotatable bonds is 1. The van der Waals surface area contributed by atoms with Crippen molar-refractivity contribution in [3.8, 4) is 0 Å². The third kappa shape index (κ3) is 1.91. The van der Waals surface area contributed by atoms with Crippen LogP contribution >= 0.6 is 22.9 Å². The van der Waals surface area contributed by atoms with E-state index in [1.807, 2.05) is 0 Å². The summed E-state index contributed by atoms with van der Waals surface area (Å²) in [5.41, 5.74) is 0.532. The summed E-state index contributed by atoms with van der Waals surface area (Å²) in [6, 6.07) is 1.42. The van der Waals surface area contributed by atoms with Gasteiger partial charge in [0.05, 0.1) is 21.1 Å². The van der Waals surface area contributed by atoms with Crippen LogP contribution in [0.25, 0.3) is 10.2 Å². The number of carboxylic acid groups (broad SMARTS) is 1. The Hall–Kier alpha value is -0.603. The molecule has 0 unspecified atom stereocenters. The van der Waals surface area contributed by atoms with Gasteiger partial charge in [0, 0.05) is 0 Å². The van der Waals surface area contributed by atoms with Crippen LogP contribution in [-0.2, 0) is 0 Å². The van der Waals surface area contributed by atoms with Crippen molar-refractivity contribution in [3.05, 3.63) is 22.4 Å². The van der Waals surface area contributed by atoms with Gasteiger partial charge in [-0.15, -0.1) is 11.3 Å². The Morgan fingerprint density at radius 3 is 2.79 bits per heavy atom. The zero-order chi connectivity index (χ0) is 9.42. The average Bonchev–Trinajstić information content (AvgIpc) is 2.49. The second kappa shape index (κ2) is 4.28. The van der Waals surface area contributed by atoms with Crippen molar-refractivity contribution in [2.45, 2.75) is 0 Å². The van der Waals surface area contributed by atoms with Gasteiger partial charge in [-0.25, -0.2) is 9.97 Å². The quantitative estimate of drug-likeness (QED) is 0.401.